The number of carbonyl (C=O) groups excluding carboxylic acids is 1. The van der Waals surface area contributed by atoms with Gasteiger partial charge in [0.1, 0.15) is 0 Å². The van der Waals surface area contributed by atoms with E-state index in [1.54, 1.807) is 29.8 Å². The molecule has 0 fully saturated rings. The van der Waals surface area contributed by atoms with Crippen molar-refractivity contribution in [3.8, 4) is 0 Å². The summed E-state index contributed by atoms with van der Waals surface area (Å²) in [6.07, 6.45) is 1.97. The van der Waals surface area contributed by atoms with E-state index in [4.69, 9.17) is 0 Å². The summed E-state index contributed by atoms with van der Waals surface area (Å²) < 4.78 is 0.721. The van der Waals surface area contributed by atoms with Crippen LogP contribution in [0.15, 0.2) is 18.2 Å². The lowest BCUT2D eigenvalue weighted by Crippen LogP contribution is -2.29. The second-order valence-corrected chi connectivity index (χ2v) is 5.79. The quantitative estimate of drug-likeness (QED) is 0.448. The molecule has 1 aromatic carbocycles. The zero-order valence-electron chi connectivity index (χ0n) is 10.1. The molecule has 18 heavy (non-hydrogen) atoms. The third kappa shape index (κ3) is 3.84. The lowest BCUT2D eigenvalue weighted by atomic mass is 10.2. The third-order valence-corrected chi connectivity index (χ3v) is 3.90. The SMILES string of the molecule is CSCCN(C)C(=O)c1cc([N+](=O)[O-])ccc1I. The van der Waals surface area contributed by atoms with Crippen molar-refractivity contribution in [1.82, 2.24) is 4.90 Å². The van der Waals surface area contributed by atoms with E-state index in [2.05, 4.69) is 0 Å². The Labute approximate surface area is 123 Å². The number of nitro groups is 1. The molecule has 1 rings (SSSR count). The number of halogens is 1. The molecule has 1 amide bonds. The van der Waals surface area contributed by atoms with Crippen LogP contribution in [0, 0.1) is 13.7 Å². The number of nitrogens with zero attached hydrogens (tertiary/aromatic N) is 2. The number of rotatable bonds is 5. The zero-order valence-corrected chi connectivity index (χ0v) is 13.0. The van der Waals surface area contributed by atoms with Crippen LogP contribution in [0.25, 0.3) is 0 Å². The van der Waals surface area contributed by atoms with Crippen molar-refractivity contribution < 1.29 is 9.72 Å². The van der Waals surface area contributed by atoms with Crippen molar-refractivity contribution in [3.63, 3.8) is 0 Å². The monoisotopic (exact) mass is 380 g/mol. The molecule has 0 saturated carbocycles. The van der Waals surface area contributed by atoms with E-state index in [1.165, 1.54) is 12.1 Å². The van der Waals surface area contributed by atoms with Gasteiger partial charge in [0, 0.05) is 35.0 Å². The Morgan fingerprint density at radius 1 is 1.56 bits per heavy atom. The van der Waals surface area contributed by atoms with Gasteiger partial charge in [-0.15, -0.1) is 0 Å². The highest BCUT2D eigenvalue weighted by molar-refractivity contribution is 14.1. The highest BCUT2D eigenvalue weighted by Gasteiger charge is 2.18. The van der Waals surface area contributed by atoms with E-state index in [1.807, 2.05) is 28.8 Å². The lowest BCUT2D eigenvalue weighted by molar-refractivity contribution is -0.384. The number of nitro benzene ring substituents is 1. The van der Waals surface area contributed by atoms with E-state index < -0.39 is 4.92 Å². The minimum atomic E-state index is -0.491. The largest absolute Gasteiger partial charge is 0.341 e. The third-order valence-electron chi connectivity index (χ3n) is 2.37. The molecule has 0 aliphatic carbocycles. The molecule has 0 atom stereocenters. The average molecular weight is 380 g/mol. The first-order chi connectivity index (χ1) is 8.47. The zero-order chi connectivity index (χ0) is 13.7. The van der Waals surface area contributed by atoms with Crippen LogP contribution in [0.5, 0.6) is 0 Å². The molecule has 0 aliphatic rings. The van der Waals surface area contributed by atoms with Gasteiger partial charge in [-0.05, 0) is 34.9 Å². The summed E-state index contributed by atoms with van der Waals surface area (Å²) in [5, 5.41) is 10.7. The molecule has 0 saturated heterocycles. The van der Waals surface area contributed by atoms with Gasteiger partial charge in [-0.3, -0.25) is 14.9 Å². The fourth-order valence-corrected chi connectivity index (χ4v) is 2.35. The van der Waals surface area contributed by atoms with Gasteiger partial charge in [0.05, 0.1) is 10.5 Å². The summed E-state index contributed by atoms with van der Waals surface area (Å²) in [6.45, 7) is 0.624. The molecular formula is C11H13IN2O3S. The number of benzene rings is 1. The van der Waals surface area contributed by atoms with Crippen LogP contribution in [0.1, 0.15) is 10.4 Å². The number of amides is 1. The van der Waals surface area contributed by atoms with E-state index in [0.717, 1.165) is 9.32 Å². The first-order valence-corrected chi connectivity index (χ1v) is 7.63. The maximum Gasteiger partial charge on any atom is 0.270 e. The van der Waals surface area contributed by atoms with Gasteiger partial charge >= 0.3 is 0 Å². The predicted octanol–water partition coefficient (Wildman–Crippen LogP) is 2.63. The molecule has 0 radical (unpaired) electrons. The number of hydrogen-bond acceptors (Lipinski definition) is 4. The van der Waals surface area contributed by atoms with Gasteiger partial charge in [0.15, 0.2) is 0 Å². The predicted molar refractivity (Wildman–Crippen MR) is 81.2 cm³/mol. The van der Waals surface area contributed by atoms with Crippen molar-refractivity contribution in [2.75, 3.05) is 25.6 Å². The van der Waals surface area contributed by atoms with E-state index in [0.29, 0.717) is 12.1 Å². The molecule has 0 spiro atoms. The Hall–Kier alpha value is -0.830. The van der Waals surface area contributed by atoms with Crippen molar-refractivity contribution in [2.45, 2.75) is 0 Å². The number of non-ortho nitro benzene ring substituents is 1. The van der Waals surface area contributed by atoms with Gasteiger partial charge < -0.3 is 4.90 Å². The highest BCUT2D eigenvalue weighted by atomic mass is 127. The minimum absolute atomic E-state index is 0.0583. The Morgan fingerprint density at radius 2 is 2.22 bits per heavy atom. The summed E-state index contributed by atoms with van der Waals surface area (Å²) in [7, 11) is 1.70. The summed E-state index contributed by atoms with van der Waals surface area (Å²) >= 11 is 3.66. The van der Waals surface area contributed by atoms with E-state index in [-0.39, 0.29) is 11.6 Å². The lowest BCUT2D eigenvalue weighted by Gasteiger charge is -2.17. The van der Waals surface area contributed by atoms with Crippen LogP contribution in [0.2, 0.25) is 0 Å². The van der Waals surface area contributed by atoms with Crippen molar-refractivity contribution in [2.24, 2.45) is 0 Å². The Balaban J connectivity index is 2.97. The Bertz CT molecular complexity index is 468. The maximum atomic E-state index is 12.1. The van der Waals surface area contributed by atoms with Gasteiger partial charge in [-0.1, -0.05) is 0 Å². The molecule has 0 aliphatic heterocycles. The number of thioether (sulfide) groups is 1. The van der Waals surface area contributed by atoms with Gasteiger partial charge in [-0.2, -0.15) is 11.8 Å². The highest BCUT2D eigenvalue weighted by Crippen LogP contribution is 2.20. The molecule has 0 N–H and O–H groups in total. The van der Waals surface area contributed by atoms with Crippen LogP contribution >= 0.6 is 34.4 Å². The smallest absolute Gasteiger partial charge is 0.270 e. The van der Waals surface area contributed by atoms with E-state index >= 15 is 0 Å². The van der Waals surface area contributed by atoms with Crippen LogP contribution in [0.3, 0.4) is 0 Å². The molecule has 0 heterocycles. The van der Waals surface area contributed by atoms with Crippen LogP contribution < -0.4 is 0 Å². The van der Waals surface area contributed by atoms with Gasteiger partial charge in [-0.25, -0.2) is 0 Å². The molecule has 0 aromatic heterocycles. The normalized spacial score (nSPS) is 10.2. The molecule has 5 nitrogen and oxygen atoms in total. The summed E-state index contributed by atoms with van der Waals surface area (Å²) in [5.41, 5.74) is 0.324. The average Bonchev–Trinajstić information content (AvgIpc) is 2.35. The van der Waals surface area contributed by atoms with E-state index in [9.17, 15) is 14.9 Å². The molecular weight excluding hydrogens is 367 g/mol. The van der Waals surface area contributed by atoms with Crippen molar-refractivity contribution >= 4 is 45.9 Å². The molecule has 7 heteroatoms. The number of carbonyl (C=O) groups is 1. The molecule has 0 unspecified atom stereocenters. The summed E-state index contributed by atoms with van der Waals surface area (Å²) in [4.78, 5) is 23.9. The van der Waals surface area contributed by atoms with Crippen LogP contribution in [0.4, 0.5) is 5.69 Å². The molecule has 0 bridgehead atoms. The molecule has 98 valence electrons. The van der Waals surface area contributed by atoms with Crippen LogP contribution in [-0.4, -0.2) is 41.3 Å². The topological polar surface area (TPSA) is 63.5 Å². The summed E-state index contributed by atoms with van der Waals surface area (Å²) in [5.74, 6) is 0.658. The standard InChI is InChI=1S/C11H13IN2O3S/c1-13(5-6-18-2)11(15)9-7-8(14(16)17)3-4-10(9)12/h3-4,7H,5-6H2,1-2H3. The van der Waals surface area contributed by atoms with Gasteiger partial charge in [0.25, 0.3) is 11.6 Å². The van der Waals surface area contributed by atoms with Gasteiger partial charge in [0.2, 0.25) is 0 Å². The summed E-state index contributed by atoms with van der Waals surface area (Å²) in [6, 6.07) is 4.33. The first-order valence-electron chi connectivity index (χ1n) is 5.15. The Kier molecular flexibility index (Phi) is 5.86. The fraction of sp³-hybridized carbons (Fsp3) is 0.364. The molecule has 1 aromatic rings. The number of hydrogen-bond donors (Lipinski definition) is 0. The maximum absolute atomic E-state index is 12.1. The van der Waals surface area contributed by atoms with Crippen LogP contribution in [-0.2, 0) is 0 Å². The fourth-order valence-electron chi connectivity index (χ4n) is 1.33. The van der Waals surface area contributed by atoms with Crippen molar-refractivity contribution in [1.29, 1.82) is 0 Å². The van der Waals surface area contributed by atoms with Crippen molar-refractivity contribution in [3.05, 3.63) is 37.4 Å². The first kappa shape index (κ1) is 15.2. The Morgan fingerprint density at radius 3 is 2.78 bits per heavy atom. The minimum Gasteiger partial charge on any atom is -0.341 e. The second-order valence-electron chi connectivity index (χ2n) is 3.64. The second kappa shape index (κ2) is 6.93.